The van der Waals surface area contributed by atoms with Crippen LogP contribution >= 0.6 is 0 Å². The van der Waals surface area contributed by atoms with Gasteiger partial charge in [-0.1, -0.05) is 52.3 Å². The van der Waals surface area contributed by atoms with Crippen molar-refractivity contribution in [2.24, 2.45) is 45.9 Å². The first kappa shape index (κ1) is 49.9. The fourth-order valence-corrected chi connectivity index (χ4v) is 7.67. The number of hydrogen-bond donors (Lipinski definition) is 7. The zero-order chi connectivity index (χ0) is 43.0. The molecule has 1 aromatic carbocycles. The molecule has 326 valence electrons. The molecule has 1 aromatic heterocycles. The van der Waals surface area contributed by atoms with Gasteiger partial charge in [-0.25, -0.2) is 0 Å². The first-order chi connectivity index (χ1) is 27.6. The van der Waals surface area contributed by atoms with E-state index in [4.69, 9.17) is 17.2 Å². The van der Waals surface area contributed by atoms with Crippen molar-refractivity contribution in [3.63, 3.8) is 0 Å². The molecule has 2 aromatic rings. The molecule has 0 unspecified atom stereocenters. The highest BCUT2D eigenvalue weighted by molar-refractivity contribution is 5.84. The highest BCUT2D eigenvalue weighted by atomic mass is 16.2. The molecule has 0 aliphatic carbocycles. The molecule has 0 aliphatic rings. The van der Waals surface area contributed by atoms with Crippen molar-refractivity contribution in [3.8, 4) is 0 Å². The molecule has 13 heteroatoms. The normalized spacial score (nSPS) is 14.1. The Morgan fingerprint density at radius 1 is 0.724 bits per heavy atom. The van der Waals surface area contributed by atoms with Crippen LogP contribution in [-0.2, 0) is 30.4 Å². The Hall–Kier alpha value is -4.26. The number of benzene rings is 1. The third kappa shape index (κ3) is 20.9. The van der Waals surface area contributed by atoms with Gasteiger partial charge in [-0.15, -0.1) is 0 Å². The van der Waals surface area contributed by atoms with Gasteiger partial charge in [0.2, 0.25) is 17.7 Å². The van der Waals surface area contributed by atoms with Gasteiger partial charge in [0.1, 0.15) is 11.6 Å². The van der Waals surface area contributed by atoms with Crippen molar-refractivity contribution in [3.05, 3.63) is 36.0 Å². The summed E-state index contributed by atoms with van der Waals surface area (Å²) in [4.78, 5) is 72.0. The predicted molar refractivity (Wildman–Crippen MR) is 235 cm³/mol. The van der Waals surface area contributed by atoms with Crippen LogP contribution in [-0.4, -0.2) is 71.4 Å². The van der Waals surface area contributed by atoms with Crippen LogP contribution in [0.4, 0.5) is 0 Å². The number of aromatic amines is 1. The van der Waals surface area contributed by atoms with Gasteiger partial charge < -0.3 is 38.1 Å². The Balaban J connectivity index is 2.03. The maximum absolute atomic E-state index is 13.6. The molecule has 2 rings (SSSR count). The monoisotopic (exact) mass is 809 g/mol. The zero-order valence-corrected chi connectivity index (χ0v) is 36.4. The third-order valence-electron chi connectivity index (χ3n) is 11.2. The fraction of sp³-hybridized carbons (Fsp3) is 0.689. The van der Waals surface area contributed by atoms with E-state index in [0.29, 0.717) is 77.3 Å². The SMILES string of the molecule is CC(=O)N[C@H](CCC(=O)C[C@@H](CCCCN)CCC(=O)N[C@H](CCC(=O)C[C@H](CCC(=O)N[C@H](C)CCCN=C(N)N)C(C)C)Cc1c[nH]c2ccccc12)C(C)C. The lowest BCUT2D eigenvalue weighted by molar-refractivity contribution is -0.124. The lowest BCUT2D eigenvalue weighted by Gasteiger charge is -2.23. The average molecular weight is 809 g/mol. The number of nitrogens with zero attached hydrogens (tertiary/aromatic N) is 1. The Morgan fingerprint density at radius 3 is 2.07 bits per heavy atom. The van der Waals surface area contributed by atoms with E-state index in [2.05, 4.69) is 45.8 Å². The number of rotatable bonds is 31. The van der Waals surface area contributed by atoms with Crippen molar-refractivity contribution >= 4 is 46.2 Å². The van der Waals surface area contributed by atoms with E-state index in [1.807, 2.05) is 45.2 Å². The molecule has 0 aliphatic heterocycles. The van der Waals surface area contributed by atoms with Gasteiger partial charge >= 0.3 is 0 Å². The number of amides is 3. The standard InChI is InChI=1S/C45H76N8O5/c1-30(2)35(17-23-43(57)51-32(5)12-11-25-49-45(47)48)28-39(56)19-18-37(27-36-29-50-42-15-8-7-14-40(36)42)53-44(58)22-16-34(13-9-10-24-46)26-38(55)20-21-41(31(3)4)52-33(6)54/h7-8,14-15,29-32,34-35,37,41,50H,9-13,16-28,46H2,1-6H3,(H,51,57)(H,52,54)(H,53,58)(H4,47,48,49)/t32-,34+,35+,37-,41-/m1/s1. The van der Waals surface area contributed by atoms with Gasteiger partial charge in [0.25, 0.3) is 0 Å². The Kier molecular flexibility index (Phi) is 23.6. The molecule has 0 fully saturated rings. The van der Waals surface area contributed by atoms with E-state index in [0.717, 1.165) is 48.6 Å². The molecule has 5 atom stereocenters. The van der Waals surface area contributed by atoms with Gasteiger partial charge in [-0.05, 0) is 107 Å². The molecular formula is C45H76N8O5. The summed E-state index contributed by atoms with van der Waals surface area (Å²) in [5.74, 6) is 0.708. The fourth-order valence-electron chi connectivity index (χ4n) is 7.67. The second-order valence-electron chi connectivity index (χ2n) is 17.1. The Morgan fingerprint density at radius 2 is 1.40 bits per heavy atom. The van der Waals surface area contributed by atoms with Crippen molar-refractivity contribution in [2.75, 3.05) is 13.1 Å². The molecule has 0 spiro atoms. The number of hydrogen-bond acceptors (Lipinski definition) is 7. The van der Waals surface area contributed by atoms with Crippen molar-refractivity contribution in [1.82, 2.24) is 20.9 Å². The summed E-state index contributed by atoms with van der Waals surface area (Å²) in [7, 11) is 0. The molecule has 1 heterocycles. The molecule has 10 N–H and O–H groups in total. The molecule has 0 radical (unpaired) electrons. The van der Waals surface area contributed by atoms with E-state index in [1.54, 1.807) is 0 Å². The molecule has 58 heavy (non-hydrogen) atoms. The van der Waals surface area contributed by atoms with Crippen LogP contribution in [0.25, 0.3) is 10.9 Å². The smallest absolute Gasteiger partial charge is 0.220 e. The van der Waals surface area contributed by atoms with Gasteiger partial charge in [-0.3, -0.25) is 29.0 Å². The Bertz CT molecular complexity index is 1580. The lowest BCUT2D eigenvalue weighted by Crippen LogP contribution is -2.37. The number of carbonyl (C=O) groups excluding carboxylic acids is 5. The summed E-state index contributed by atoms with van der Waals surface area (Å²) in [6, 6.07) is 7.74. The molecule has 0 bridgehead atoms. The summed E-state index contributed by atoms with van der Waals surface area (Å²) in [6.07, 6.45) is 11.1. The highest BCUT2D eigenvalue weighted by Gasteiger charge is 2.24. The summed E-state index contributed by atoms with van der Waals surface area (Å²) in [5.41, 5.74) is 18.6. The third-order valence-corrected chi connectivity index (χ3v) is 11.2. The molecule has 0 saturated heterocycles. The molecular weight excluding hydrogens is 733 g/mol. The van der Waals surface area contributed by atoms with Crippen LogP contribution in [0, 0.1) is 23.7 Å². The topological polar surface area (TPSA) is 228 Å². The Labute approximate surface area is 347 Å². The minimum Gasteiger partial charge on any atom is -0.370 e. The largest absolute Gasteiger partial charge is 0.370 e. The highest BCUT2D eigenvalue weighted by Crippen LogP contribution is 2.25. The number of guanidine groups is 1. The molecule has 13 nitrogen and oxygen atoms in total. The number of carbonyl (C=O) groups is 5. The number of fused-ring (bicyclic) bond motifs is 1. The van der Waals surface area contributed by atoms with Crippen LogP contribution in [0.15, 0.2) is 35.5 Å². The van der Waals surface area contributed by atoms with E-state index in [-0.39, 0.29) is 83.5 Å². The first-order valence-electron chi connectivity index (χ1n) is 21.8. The number of unbranched alkanes of at least 4 members (excludes halogenated alkanes) is 1. The predicted octanol–water partition coefficient (Wildman–Crippen LogP) is 5.97. The lowest BCUT2D eigenvalue weighted by atomic mass is 9.85. The minimum absolute atomic E-state index is 0.000492. The maximum Gasteiger partial charge on any atom is 0.220 e. The van der Waals surface area contributed by atoms with Crippen LogP contribution in [0.2, 0.25) is 0 Å². The molecule has 0 saturated carbocycles. The first-order valence-corrected chi connectivity index (χ1v) is 21.8. The minimum atomic E-state index is -0.258. The number of nitrogens with two attached hydrogens (primary N) is 3. The maximum atomic E-state index is 13.6. The number of nitrogens with one attached hydrogen (secondary N) is 4. The number of aliphatic imine (C=N–C) groups is 1. The molecule has 3 amide bonds. The van der Waals surface area contributed by atoms with E-state index < -0.39 is 0 Å². The van der Waals surface area contributed by atoms with Crippen LogP contribution in [0.1, 0.15) is 143 Å². The van der Waals surface area contributed by atoms with E-state index in [1.165, 1.54) is 6.92 Å². The average Bonchev–Trinajstić information content (AvgIpc) is 3.56. The van der Waals surface area contributed by atoms with Crippen molar-refractivity contribution < 1.29 is 24.0 Å². The van der Waals surface area contributed by atoms with Gasteiger partial charge in [0.05, 0.1) is 0 Å². The second kappa shape index (κ2) is 27.4. The van der Waals surface area contributed by atoms with Gasteiger partial charge in [0, 0.05) is 87.2 Å². The van der Waals surface area contributed by atoms with Crippen LogP contribution in [0.5, 0.6) is 0 Å². The number of ketones is 2. The zero-order valence-electron chi connectivity index (χ0n) is 36.4. The van der Waals surface area contributed by atoms with Gasteiger partial charge in [0.15, 0.2) is 5.96 Å². The number of Topliss-reactive ketones (excluding diaryl/α,β-unsaturated/α-hetero) is 2. The van der Waals surface area contributed by atoms with Crippen LogP contribution in [0.3, 0.4) is 0 Å². The van der Waals surface area contributed by atoms with Crippen LogP contribution < -0.4 is 33.2 Å². The number of H-pyrrole nitrogens is 1. The summed E-state index contributed by atoms with van der Waals surface area (Å²) in [5, 5.41) is 10.4. The quantitative estimate of drug-likeness (QED) is 0.0272. The summed E-state index contributed by atoms with van der Waals surface area (Å²) >= 11 is 0. The summed E-state index contributed by atoms with van der Waals surface area (Å²) < 4.78 is 0. The summed E-state index contributed by atoms with van der Waals surface area (Å²) in [6.45, 7) is 12.8. The van der Waals surface area contributed by atoms with Crippen molar-refractivity contribution in [2.45, 2.75) is 162 Å². The van der Waals surface area contributed by atoms with Gasteiger partial charge in [-0.2, -0.15) is 0 Å². The second-order valence-corrected chi connectivity index (χ2v) is 17.1. The number of aromatic nitrogens is 1. The van der Waals surface area contributed by atoms with E-state index >= 15 is 0 Å². The van der Waals surface area contributed by atoms with Crippen molar-refractivity contribution in [1.29, 1.82) is 0 Å². The number of para-hydroxylation sites is 1. The van der Waals surface area contributed by atoms with E-state index in [9.17, 15) is 24.0 Å².